The number of ether oxygens (including phenoxy) is 1. The molecule has 0 aliphatic heterocycles. The lowest BCUT2D eigenvalue weighted by atomic mass is 10.1. The smallest absolute Gasteiger partial charge is 0.324 e. The highest BCUT2D eigenvalue weighted by Gasteiger charge is 2.24. The number of amides is 1. The molecule has 30 heavy (non-hydrogen) atoms. The van der Waals surface area contributed by atoms with E-state index in [1.54, 1.807) is 0 Å². The van der Waals surface area contributed by atoms with Gasteiger partial charge in [-0.2, -0.15) is 0 Å². The SMILES string of the molecule is CCc1cccc(C)c1NC(=O)COC(=O)C(Sc1ccccc1)c1ccccc1. The quantitative estimate of drug-likeness (QED) is 0.383. The molecule has 3 aromatic rings. The first-order valence-electron chi connectivity index (χ1n) is 9.90. The van der Waals surface area contributed by atoms with Crippen LogP contribution in [0.1, 0.15) is 28.9 Å². The molecule has 0 fully saturated rings. The summed E-state index contributed by atoms with van der Waals surface area (Å²) in [6.45, 7) is 3.66. The Balaban J connectivity index is 1.68. The van der Waals surface area contributed by atoms with Crippen LogP contribution in [0.5, 0.6) is 0 Å². The van der Waals surface area contributed by atoms with Gasteiger partial charge in [-0.3, -0.25) is 9.59 Å². The van der Waals surface area contributed by atoms with E-state index in [1.807, 2.05) is 92.7 Å². The van der Waals surface area contributed by atoms with E-state index in [0.29, 0.717) is 0 Å². The summed E-state index contributed by atoms with van der Waals surface area (Å²) in [4.78, 5) is 26.3. The average Bonchev–Trinajstić information content (AvgIpc) is 2.78. The molecule has 0 radical (unpaired) electrons. The molecule has 5 heteroatoms. The highest BCUT2D eigenvalue weighted by Crippen LogP contribution is 2.36. The largest absolute Gasteiger partial charge is 0.454 e. The van der Waals surface area contributed by atoms with E-state index in [9.17, 15) is 9.59 Å². The summed E-state index contributed by atoms with van der Waals surface area (Å²) >= 11 is 1.41. The van der Waals surface area contributed by atoms with Gasteiger partial charge in [0, 0.05) is 10.6 Å². The molecule has 1 amide bonds. The van der Waals surface area contributed by atoms with Gasteiger partial charge in [-0.25, -0.2) is 0 Å². The fourth-order valence-electron chi connectivity index (χ4n) is 3.11. The molecule has 0 aromatic heterocycles. The van der Waals surface area contributed by atoms with E-state index in [2.05, 4.69) is 5.32 Å². The number of thioether (sulfide) groups is 1. The van der Waals surface area contributed by atoms with Crippen LogP contribution in [0, 0.1) is 6.92 Å². The molecule has 0 heterocycles. The van der Waals surface area contributed by atoms with Gasteiger partial charge in [0.25, 0.3) is 5.91 Å². The Morgan fingerprint density at radius 1 is 0.933 bits per heavy atom. The zero-order valence-electron chi connectivity index (χ0n) is 17.1. The zero-order chi connectivity index (χ0) is 21.3. The van der Waals surface area contributed by atoms with Crippen molar-refractivity contribution in [1.82, 2.24) is 0 Å². The summed E-state index contributed by atoms with van der Waals surface area (Å²) in [5.74, 6) is -0.783. The first-order valence-corrected chi connectivity index (χ1v) is 10.8. The lowest BCUT2D eigenvalue weighted by Gasteiger charge is -2.17. The van der Waals surface area contributed by atoms with E-state index in [-0.39, 0.29) is 12.5 Å². The molecule has 1 atom stereocenters. The normalized spacial score (nSPS) is 11.5. The van der Waals surface area contributed by atoms with Crippen LogP contribution in [0.25, 0.3) is 0 Å². The summed E-state index contributed by atoms with van der Waals surface area (Å²) in [7, 11) is 0. The first-order chi connectivity index (χ1) is 14.6. The number of hydrogen-bond acceptors (Lipinski definition) is 4. The van der Waals surface area contributed by atoms with Gasteiger partial charge in [0.1, 0.15) is 5.25 Å². The van der Waals surface area contributed by atoms with Crippen LogP contribution in [0.3, 0.4) is 0 Å². The minimum Gasteiger partial charge on any atom is -0.454 e. The number of carbonyl (C=O) groups is 2. The molecule has 0 aliphatic carbocycles. The molecular weight excluding hydrogens is 394 g/mol. The number of carbonyl (C=O) groups excluding carboxylic acids is 2. The first kappa shape index (κ1) is 21.7. The number of para-hydroxylation sites is 1. The molecule has 4 nitrogen and oxygen atoms in total. The molecule has 0 aliphatic rings. The molecule has 1 N–H and O–H groups in total. The maximum Gasteiger partial charge on any atom is 0.324 e. The molecule has 3 aromatic carbocycles. The highest BCUT2D eigenvalue weighted by molar-refractivity contribution is 8.00. The van der Waals surface area contributed by atoms with E-state index >= 15 is 0 Å². The fraction of sp³-hybridized carbons (Fsp3) is 0.200. The van der Waals surface area contributed by atoms with Crippen LogP contribution >= 0.6 is 11.8 Å². The van der Waals surface area contributed by atoms with Crippen molar-refractivity contribution in [3.05, 3.63) is 95.6 Å². The summed E-state index contributed by atoms with van der Waals surface area (Å²) in [6.07, 6.45) is 0.806. The van der Waals surface area contributed by atoms with Crippen LogP contribution in [0.15, 0.2) is 83.8 Å². The van der Waals surface area contributed by atoms with Crippen molar-refractivity contribution in [1.29, 1.82) is 0 Å². The minimum atomic E-state index is -0.550. The van der Waals surface area contributed by atoms with Crippen molar-refractivity contribution in [2.75, 3.05) is 11.9 Å². The molecule has 0 saturated heterocycles. The summed E-state index contributed by atoms with van der Waals surface area (Å²) in [5, 5.41) is 2.34. The summed E-state index contributed by atoms with van der Waals surface area (Å²) in [6, 6.07) is 25.0. The van der Waals surface area contributed by atoms with Gasteiger partial charge in [-0.1, -0.05) is 73.7 Å². The van der Waals surface area contributed by atoms with Gasteiger partial charge < -0.3 is 10.1 Å². The second-order valence-electron chi connectivity index (χ2n) is 6.84. The number of esters is 1. The summed E-state index contributed by atoms with van der Waals surface area (Å²) < 4.78 is 5.41. The molecular formula is C25H25NO3S. The van der Waals surface area contributed by atoms with Crippen molar-refractivity contribution in [3.63, 3.8) is 0 Å². The standard InChI is InChI=1S/C25H25NO3S/c1-3-19-14-10-11-18(2)23(19)26-22(27)17-29-25(28)24(20-12-6-4-7-13-20)30-21-15-8-5-9-16-21/h4-16,24H,3,17H2,1-2H3,(H,26,27). The maximum atomic E-state index is 12.9. The number of rotatable bonds is 8. The summed E-state index contributed by atoms with van der Waals surface area (Å²) in [5.41, 5.74) is 3.66. The number of nitrogens with one attached hydrogen (secondary N) is 1. The van der Waals surface area contributed by atoms with Crippen molar-refractivity contribution >= 4 is 29.3 Å². The Morgan fingerprint density at radius 2 is 1.60 bits per heavy atom. The second kappa shape index (κ2) is 10.6. The van der Waals surface area contributed by atoms with Crippen LogP contribution in [0.2, 0.25) is 0 Å². The van der Waals surface area contributed by atoms with Crippen LogP contribution in [-0.4, -0.2) is 18.5 Å². The second-order valence-corrected chi connectivity index (χ2v) is 8.02. The van der Waals surface area contributed by atoms with Gasteiger partial charge in [-0.15, -0.1) is 11.8 Å². The topological polar surface area (TPSA) is 55.4 Å². The molecule has 1 unspecified atom stereocenters. The van der Waals surface area contributed by atoms with E-state index in [0.717, 1.165) is 33.7 Å². The fourth-order valence-corrected chi connectivity index (χ4v) is 4.15. The zero-order valence-corrected chi connectivity index (χ0v) is 17.9. The Morgan fingerprint density at radius 3 is 2.27 bits per heavy atom. The van der Waals surface area contributed by atoms with Gasteiger partial charge >= 0.3 is 5.97 Å². The number of anilines is 1. The molecule has 0 saturated carbocycles. The number of hydrogen-bond donors (Lipinski definition) is 1. The van der Waals surface area contributed by atoms with Crippen LogP contribution < -0.4 is 5.32 Å². The van der Waals surface area contributed by atoms with Crippen molar-refractivity contribution in [2.24, 2.45) is 0 Å². The van der Waals surface area contributed by atoms with Gasteiger partial charge in [-0.05, 0) is 42.2 Å². The van der Waals surface area contributed by atoms with Crippen LogP contribution in [0.4, 0.5) is 5.69 Å². The third kappa shape index (κ3) is 5.74. The third-order valence-corrected chi connectivity index (χ3v) is 5.91. The van der Waals surface area contributed by atoms with E-state index < -0.39 is 11.2 Å². The monoisotopic (exact) mass is 419 g/mol. The van der Waals surface area contributed by atoms with Crippen molar-refractivity contribution < 1.29 is 14.3 Å². The molecule has 3 rings (SSSR count). The number of aryl methyl sites for hydroxylation is 2. The predicted molar refractivity (Wildman–Crippen MR) is 122 cm³/mol. The van der Waals surface area contributed by atoms with Crippen LogP contribution in [-0.2, 0) is 20.7 Å². The maximum absolute atomic E-state index is 12.9. The Labute approximate surface area is 181 Å². The van der Waals surface area contributed by atoms with Crippen molar-refractivity contribution in [3.8, 4) is 0 Å². The Bertz CT molecular complexity index is 990. The van der Waals surface area contributed by atoms with Gasteiger partial charge in [0.2, 0.25) is 0 Å². The predicted octanol–water partition coefficient (Wildman–Crippen LogP) is 5.57. The van der Waals surface area contributed by atoms with Crippen molar-refractivity contribution in [2.45, 2.75) is 30.4 Å². The van der Waals surface area contributed by atoms with E-state index in [1.165, 1.54) is 11.8 Å². The van der Waals surface area contributed by atoms with E-state index in [4.69, 9.17) is 4.74 Å². The minimum absolute atomic E-state index is 0.324. The third-order valence-electron chi connectivity index (χ3n) is 4.66. The molecule has 0 spiro atoms. The van der Waals surface area contributed by atoms with Gasteiger partial charge in [0.05, 0.1) is 0 Å². The number of benzene rings is 3. The molecule has 154 valence electrons. The highest BCUT2D eigenvalue weighted by atomic mass is 32.2. The lowest BCUT2D eigenvalue weighted by molar-refractivity contribution is -0.146. The van der Waals surface area contributed by atoms with Gasteiger partial charge in [0.15, 0.2) is 6.61 Å². The average molecular weight is 420 g/mol. The Kier molecular flexibility index (Phi) is 7.69. The Hall–Kier alpha value is -3.05. The molecule has 0 bridgehead atoms. The lowest BCUT2D eigenvalue weighted by Crippen LogP contribution is -2.24.